The third-order valence-corrected chi connectivity index (χ3v) is 4.24. The highest BCUT2D eigenvalue weighted by molar-refractivity contribution is 7.93. The summed E-state index contributed by atoms with van der Waals surface area (Å²) < 4.78 is 25.4. The predicted octanol–water partition coefficient (Wildman–Crippen LogP) is 0.771. The molecule has 0 bridgehead atoms. The molecule has 0 spiro atoms. The smallest absolute Gasteiger partial charge is 0.220 e. The summed E-state index contributed by atoms with van der Waals surface area (Å²) >= 11 is 4.63. The Hall–Kier alpha value is -0.200. The number of hydrogen-bond donors (Lipinski definition) is 2. The molecule has 0 fully saturated rings. The highest BCUT2D eigenvalue weighted by Crippen LogP contribution is 1.99. The fourth-order valence-corrected chi connectivity index (χ4v) is 2.23. The van der Waals surface area contributed by atoms with Gasteiger partial charge in [0.25, 0.3) is 0 Å². The van der Waals surface area contributed by atoms with Crippen LogP contribution in [0.5, 0.6) is 0 Å². The quantitative estimate of drug-likeness (QED) is 0.507. The van der Waals surface area contributed by atoms with Crippen LogP contribution in [0.25, 0.3) is 0 Å². The molecule has 0 aromatic heterocycles. The van der Waals surface area contributed by atoms with E-state index in [4.69, 9.17) is 5.73 Å². The van der Waals surface area contributed by atoms with Crippen LogP contribution in [0.4, 0.5) is 0 Å². The highest BCUT2D eigenvalue weighted by Gasteiger charge is 2.21. The first kappa shape index (κ1) is 13.8. The summed E-state index contributed by atoms with van der Waals surface area (Å²) in [6, 6.07) is 0. The fourth-order valence-electron chi connectivity index (χ4n) is 0.867. The van der Waals surface area contributed by atoms with Crippen molar-refractivity contribution in [3.63, 3.8) is 0 Å². The number of unbranched alkanes of at least 4 members (excludes halogenated alkanes) is 2. The summed E-state index contributed by atoms with van der Waals surface area (Å²) in [6.07, 6.45) is 2.93. The van der Waals surface area contributed by atoms with Gasteiger partial charge >= 0.3 is 0 Å². The van der Waals surface area contributed by atoms with E-state index in [0.717, 1.165) is 19.3 Å². The SMILES string of the molecule is CCCCCNS(=O)(=O)C(C)C(N)=S. The molecule has 0 radical (unpaired) electrons. The monoisotopic (exact) mass is 238 g/mol. The maximum Gasteiger partial charge on any atom is 0.220 e. The fraction of sp³-hybridized carbons (Fsp3) is 0.875. The predicted molar refractivity (Wildman–Crippen MR) is 62.7 cm³/mol. The molecule has 0 saturated carbocycles. The van der Waals surface area contributed by atoms with Gasteiger partial charge in [0.2, 0.25) is 10.0 Å². The zero-order valence-corrected chi connectivity index (χ0v) is 10.2. The van der Waals surface area contributed by atoms with Crippen molar-refractivity contribution in [2.24, 2.45) is 5.73 Å². The van der Waals surface area contributed by atoms with Crippen molar-refractivity contribution in [3.8, 4) is 0 Å². The number of nitrogens with two attached hydrogens (primary N) is 1. The molecule has 0 heterocycles. The van der Waals surface area contributed by atoms with Crippen LogP contribution in [0.2, 0.25) is 0 Å². The van der Waals surface area contributed by atoms with Crippen LogP contribution < -0.4 is 10.5 Å². The molecule has 6 heteroatoms. The maximum atomic E-state index is 11.5. The minimum atomic E-state index is -3.36. The standard InChI is InChI=1S/C8H18N2O2S2/c1-3-4-5-6-10-14(11,12)7(2)8(9)13/h7,10H,3-6H2,1-2H3,(H2,9,13). The Morgan fingerprint density at radius 2 is 2.07 bits per heavy atom. The number of hydrogen-bond acceptors (Lipinski definition) is 3. The molecule has 4 nitrogen and oxygen atoms in total. The minimum absolute atomic E-state index is 0.00740. The molecule has 14 heavy (non-hydrogen) atoms. The van der Waals surface area contributed by atoms with Gasteiger partial charge in [-0.2, -0.15) is 0 Å². The lowest BCUT2D eigenvalue weighted by atomic mass is 10.3. The topological polar surface area (TPSA) is 72.2 Å². The van der Waals surface area contributed by atoms with Crippen LogP contribution >= 0.6 is 12.2 Å². The number of rotatable bonds is 7. The van der Waals surface area contributed by atoms with Gasteiger partial charge in [0.05, 0.1) is 4.99 Å². The van der Waals surface area contributed by atoms with E-state index in [2.05, 4.69) is 23.9 Å². The summed E-state index contributed by atoms with van der Waals surface area (Å²) in [6.45, 7) is 4.01. The Labute approximate surface area is 91.3 Å². The molecule has 0 saturated heterocycles. The van der Waals surface area contributed by atoms with Gasteiger partial charge in [0, 0.05) is 6.54 Å². The van der Waals surface area contributed by atoms with E-state index in [9.17, 15) is 8.42 Å². The van der Waals surface area contributed by atoms with E-state index in [1.54, 1.807) is 0 Å². The first-order valence-electron chi connectivity index (χ1n) is 4.69. The van der Waals surface area contributed by atoms with E-state index in [1.165, 1.54) is 6.92 Å². The highest BCUT2D eigenvalue weighted by atomic mass is 32.2. The Balaban J connectivity index is 4.02. The van der Waals surface area contributed by atoms with E-state index in [0.29, 0.717) is 6.54 Å². The molecule has 0 aromatic carbocycles. The lowest BCUT2D eigenvalue weighted by Gasteiger charge is -2.11. The van der Waals surface area contributed by atoms with Crippen molar-refractivity contribution < 1.29 is 8.42 Å². The van der Waals surface area contributed by atoms with Crippen LogP contribution in [0, 0.1) is 0 Å². The third-order valence-electron chi connectivity index (χ3n) is 1.95. The second-order valence-corrected chi connectivity index (χ2v) is 5.75. The van der Waals surface area contributed by atoms with E-state index >= 15 is 0 Å². The van der Waals surface area contributed by atoms with Crippen molar-refractivity contribution >= 4 is 27.2 Å². The average Bonchev–Trinajstić information content (AvgIpc) is 2.11. The van der Waals surface area contributed by atoms with Gasteiger partial charge in [-0.05, 0) is 13.3 Å². The molecule has 0 aromatic rings. The van der Waals surface area contributed by atoms with Crippen LogP contribution in [0.3, 0.4) is 0 Å². The van der Waals surface area contributed by atoms with Gasteiger partial charge < -0.3 is 5.73 Å². The van der Waals surface area contributed by atoms with Crippen LogP contribution in [-0.2, 0) is 10.0 Å². The van der Waals surface area contributed by atoms with Gasteiger partial charge in [-0.25, -0.2) is 13.1 Å². The van der Waals surface area contributed by atoms with Gasteiger partial charge in [-0.3, -0.25) is 0 Å². The minimum Gasteiger partial charge on any atom is -0.392 e. The molecule has 1 unspecified atom stereocenters. The van der Waals surface area contributed by atoms with Crippen molar-refractivity contribution in [1.29, 1.82) is 0 Å². The normalized spacial score (nSPS) is 13.9. The molecule has 1 atom stereocenters. The molecule has 84 valence electrons. The van der Waals surface area contributed by atoms with Crippen molar-refractivity contribution in [2.45, 2.75) is 38.4 Å². The first-order chi connectivity index (χ1) is 6.41. The second-order valence-electron chi connectivity index (χ2n) is 3.19. The average molecular weight is 238 g/mol. The van der Waals surface area contributed by atoms with E-state index in [1.807, 2.05) is 0 Å². The molecule has 0 aliphatic carbocycles. The third kappa shape index (κ3) is 4.88. The number of nitrogens with one attached hydrogen (secondary N) is 1. The Morgan fingerprint density at radius 1 is 1.50 bits per heavy atom. The van der Waals surface area contributed by atoms with E-state index in [-0.39, 0.29) is 4.99 Å². The summed E-state index contributed by atoms with van der Waals surface area (Å²) in [5, 5.41) is -0.792. The molecule has 0 rings (SSSR count). The lowest BCUT2D eigenvalue weighted by Crippen LogP contribution is -2.40. The maximum absolute atomic E-state index is 11.5. The second kappa shape index (κ2) is 6.31. The number of thiocarbonyl (C=S) groups is 1. The summed E-state index contributed by atoms with van der Waals surface area (Å²) in [5.74, 6) is 0. The van der Waals surface area contributed by atoms with Gasteiger partial charge in [-0.1, -0.05) is 32.0 Å². The Bertz CT molecular complexity index is 275. The largest absolute Gasteiger partial charge is 0.392 e. The van der Waals surface area contributed by atoms with Crippen molar-refractivity contribution in [2.75, 3.05) is 6.54 Å². The summed E-state index contributed by atoms with van der Waals surface area (Å²) in [5.41, 5.74) is 5.26. The van der Waals surface area contributed by atoms with E-state index < -0.39 is 15.3 Å². The molecule has 0 aliphatic heterocycles. The lowest BCUT2D eigenvalue weighted by molar-refractivity contribution is 0.573. The molecule has 3 N–H and O–H groups in total. The molecular formula is C8H18N2O2S2. The summed E-state index contributed by atoms with van der Waals surface area (Å²) in [7, 11) is -3.36. The zero-order valence-electron chi connectivity index (χ0n) is 8.62. The van der Waals surface area contributed by atoms with Gasteiger partial charge in [0.15, 0.2) is 0 Å². The Kier molecular flexibility index (Phi) is 6.22. The van der Waals surface area contributed by atoms with Crippen molar-refractivity contribution in [1.82, 2.24) is 4.72 Å². The van der Waals surface area contributed by atoms with Gasteiger partial charge in [-0.15, -0.1) is 0 Å². The van der Waals surface area contributed by atoms with Crippen molar-refractivity contribution in [3.05, 3.63) is 0 Å². The summed E-state index contributed by atoms with van der Waals surface area (Å²) in [4.78, 5) is 0.00740. The van der Waals surface area contributed by atoms with Crippen LogP contribution in [-0.4, -0.2) is 25.2 Å². The first-order valence-corrected chi connectivity index (χ1v) is 6.65. The Morgan fingerprint density at radius 3 is 2.50 bits per heavy atom. The molecule has 0 aliphatic rings. The number of sulfonamides is 1. The molecular weight excluding hydrogens is 220 g/mol. The van der Waals surface area contributed by atoms with Crippen LogP contribution in [0.15, 0.2) is 0 Å². The molecule has 0 amide bonds. The van der Waals surface area contributed by atoms with Crippen LogP contribution in [0.1, 0.15) is 33.1 Å². The van der Waals surface area contributed by atoms with Gasteiger partial charge in [0.1, 0.15) is 5.25 Å². The zero-order chi connectivity index (χ0) is 11.2.